The summed E-state index contributed by atoms with van der Waals surface area (Å²) in [5.41, 5.74) is 0.961. The quantitative estimate of drug-likeness (QED) is 0.510. The van der Waals surface area contributed by atoms with Crippen LogP contribution in [0.1, 0.15) is 25.3 Å². The Morgan fingerprint density at radius 3 is 2.76 bits per heavy atom. The van der Waals surface area contributed by atoms with E-state index < -0.39 is 0 Å². The molecule has 0 bridgehead atoms. The summed E-state index contributed by atoms with van der Waals surface area (Å²) in [6.45, 7) is 5.90. The van der Waals surface area contributed by atoms with Crippen molar-refractivity contribution in [3.05, 3.63) is 29.6 Å². The predicted octanol–water partition coefficient (Wildman–Crippen LogP) is 1.35. The van der Waals surface area contributed by atoms with Crippen LogP contribution in [0.3, 0.4) is 0 Å². The van der Waals surface area contributed by atoms with Gasteiger partial charge in [0.05, 0.1) is 20.3 Å². The molecule has 0 aliphatic carbocycles. The lowest BCUT2D eigenvalue weighted by molar-refractivity contribution is 0.198. The number of halogens is 1. The minimum absolute atomic E-state index is 0.0490. The number of guanidine groups is 1. The Morgan fingerprint density at radius 2 is 2.16 bits per heavy atom. The molecule has 0 aromatic heterocycles. The third kappa shape index (κ3) is 6.17. The van der Waals surface area contributed by atoms with E-state index in [0.717, 1.165) is 50.5 Å². The second-order valence-corrected chi connectivity index (χ2v) is 6.15. The monoisotopic (exact) mass is 352 g/mol. The van der Waals surface area contributed by atoms with Gasteiger partial charge in [-0.15, -0.1) is 0 Å². The molecule has 140 valence electrons. The lowest BCUT2D eigenvalue weighted by Gasteiger charge is -2.33. The molecule has 0 radical (unpaired) electrons. The van der Waals surface area contributed by atoms with Gasteiger partial charge in [-0.1, -0.05) is 6.07 Å². The molecule has 1 aromatic carbocycles. The predicted molar refractivity (Wildman–Crippen MR) is 97.5 cm³/mol. The minimum Gasteiger partial charge on any atom is -0.494 e. The molecule has 3 N–H and O–H groups in total. The third-order valence-corrected chi connectivity index (χ3v) is 4.26. The molecule has 7 heteroatoms. The normalized spacial score (nSPS) is 16.7. The molecular weight excluding hydrogens is 323 g/mol. The molecule has 6 nitrogen and oxygen atoms in total. The fourth-order valence-electron chi connectivity index (χ4n) is 2.98. The van der Waals surface area contributed by atoms with Gasteiger partial charge in [0, 0.05) is 32.2 Å². The highest BCUT2D eigenvalue weighted by molar-refractivity contribution is 5.80. The Labute approximate surface area is 149 Å². The van der Waals surface area contributed by atoms with Crippen LogP contribution in [0.4, 0.5) is 4.39 Å². The summed E-state index contributed by atoms with van der Waals surface area (Å²) in [4.78, 5) is 6.65. The number of aliphatic hydroxyl groups excluding tert-OH is 1. The molecule has 1 saturated heterocycles. The van der Waals surface area contributed by atoms with Crippen LogP contribution < -0.4 is 15.4 Å². The van der Waals surface area contributed by atoms with Gasteiger partial charge in [0.2, 0.25) is 0 Å². The van der Waals surface area contributed by atoms with E-state index in [2.05, 4.69) is 20.5 Å². The molecule has 0 unspecified atom stereocenters. The Bertz CT molecular complexity index is 560. The molecular formula is C18H29FN4O2. The van der Waals surface area contributed by atoms with Gasteiger partial charge in [0.15, 0.2) is 17.5 Å². The smallest absolute Gasteiger partial charge is 0.191 e. The number of aliphatic imine (C=N–C) groups is 1. The largest absolute Gasteiger partial charge is 0.494 e. The van der Waals surface area contributed by atoms with Crippen LogP contribution in [0.5, 0.6) is 5.75 Å². The number of benzene rings is 1. The summed E-state index contributed by atoms with van der Waals surface area (Å²) in [7, 11) is 1.47. The zero-order valence-corrected chi connectivity index (χ0v) is 15.1. The summed E-state index contributed by atoms with van der Waals surface area (Å²) in [6, 6.07) is 5.50. The first-order chi connectivity index (χ1) is 12.2. The first-order valence-corrected chi connectivity index (χ1v) is 8.86. The Kier molecular flexibility index (Phi) is 7.94. The van der Waals surface area contributed by atoms with Crippen LogP contribution in [0.2, 0.25) is 0 Å². The second-order valence-electron chi connectivity index (χ2n) is 6.15. The van der Waals surface area contributed by atoms with Crippen LogP contribution in [-0.2, 0) is 6.54 Å². The van der Waals surface area contributed by atoms with Gasteiger partial charge >= 0.3 is 0 Å². The first-order valence-electron chi connectivity index (χ1n) is 8.86. The van der Waals surface area contributed by atoms with Gasteiger partial charge in [0.1, 0.15) is 0 Å². The number of ether oxygens (including phenoxy) is 1. The van der Waals surface area contributed by atoms with E-state index in [1.165, 1.54) is 7.11 Å². The minimum atomic E-state index is -0.313. The van der Waals surface area contributed by atoms with Gasteiger partial charge in [-0.05, 0) is 37.5 Å². The Hall–Kier alpha value is -1.86. The van der Waals surface area contributed by atoms with Crippen molar-refractivity contribution in [1.82, 2.24) is 15.5 Å². The molecule has 1 aliphatic heterocycles. The molecule has 25 heavy (non-hydrogen) atoms. The first kappa shape index (κ1) is 19.5. The number of methoxy groups -OCH3 is 1. The van der Waals surface area contributed by atoms with Crippen LogP contribution in [0.25, 0.3) is 0 Å². The van der Waals surface area contributed by atoms with Gasteiger partial charge in [-0.25, -0.2) is 4.39 Å². The summed E-state index contributed by atoms with van der Waals surface area (Å²) in [5, 5.41) is 15.5. The average Bonchev–Trinajstić information content (AvgIpc) is 2.62. The molecule has 1 fully saturated rings. The highest BCUT2D eigenvalue weighted by atomic mass is 19.1. The third-order valence-electron chi connectivity index (χ3n) is 4.26. The van der Waals surface area contributed by atoms with Gasteiger partial charge in [-0.2, -0.15) is 0 Å². The molecule has 2 rings (SSSR count). The number of likely N-dealkylation sites (tertiary alicyclic amines) is 1. The van der Waals surface area contributed by atoms with Crippen molar-refractivity contribution >= 4 is 5.96 Å². The number of nitrogens with zero attached hydrogens (tertiary/aromatic N) is 2. The van der Waals surface area contributed by atoms with Crippen LogP contribution >= 0.6 is 0 Å². The van der Waals surface area contributed by atoms with Gasteiger partial charge < -0.3 is 20.5 Å². The van der Waals surface area contributed by atoms with Crippen molar-refractivity contribution in [3.63, 3.8) is 0 Å². The maximum absolute atomic E-state index is 13.8. The van der Waals surface area contributed by atoms with E-state index in [4.69, 9.17) is 9.84 Å². The number of hydrogen-bond donors (Lipinski definition) is 3. The van der Waals surface area contributed by atoms with E-state index >= 15 is 0 Å². The number of rotatable bonds is 7. The van der Waals surface area contributed by atoms with Crippen molar-refractivity contribution < 1.29 is 14.2 Å². The van der Waals surface area contributed by atoms with Crippen LogP contribution in [0.15, 0.2) is 23.2 Å². The van der Waals surface area contributed by atoms with Crippen molar-refractivity contribution in [2.24, 2.45) is 4.99 Å². The van der Waals surface area contributed by atoms with Crippen molar-refractivity contribution in [3.8, 4) is 5.75 Å². The number of aliphatic hydroxyl groups is 1. The highest BCUT2D eigenvalue weighted by Crippen LogP contribution is 2.20. The molecule has 0 atom stereocenters. The maximum Gasteiger partial charge on any atom is 0.191 e. The zero-order valence-electron chi connectivity index (χ0n) is 15.1. The fourth-order valence-corrected chi connectivity index (χ4v) is 2.98. The van der Waals surface area contributed by atoms with Crippen LogP contribution in [-0.4, -0.2) is 61.9 Å². The fraction of sp³-hybridized carbons (Fsp3) is 0.611. The summed E-state index contributed by atoms with van der Waals surface area (Å²) >= 11 is 0. The average molecular weight is 352 g/mol. The van der Waals surface area contributed by atoms with Crippen molar-refractivity contribution in [2.75, 3.05) is 39.9 Å². The second kappa shape index (κ2) is 10.2. The summed E-state index contributed by atoms with van der Waals surface area (Å²) in [6.07, 6.45) is 2.00. The van der Waals surface area contributed by atoms with Crippen LogP contribution in [0, 0.1) is 5.82 Å². The number of piperidine rings is 1. The van der Waals surface area contributed by atoms with E-state index in [0.29, 0.717) is 12.6 Å². The van der Waals surface area contributed by atoms with E-state index in [1.807, 2.05) is 13.0 Å². The van der Waals surface area contributed by atoms with Crippen molar-refractivity contribution in [1.29, 1.82) is 0 Å². The van der Waals surface area contributed by atoms with E-state index in [9.17, 15) is 4.39 Å². The molecule has 0 spiro atoms. The topological polar surface area (TPSA) is 69.1 Å². The summed E-state index contributed by atoms with van der Waals surface area (Å²) in [5.74, 6) is 0.726. The SMILES string of the molecule is CCNC(=NCCO)NC1CCN(Cc2ccc(OC)c(F)c2)CC1. The molecule has 1 heterocycles. The van der Waals surface area contributed by atoms with E-state index in [1.54, 1.807) is 12.1 Å². The Balaban J connectivity index is 1.81. The standard InChI is InChI=1S/C18H29FN4O2/c1-3-20-18(21-8-11-24)22-15-6-9-23(10-7-15)13-14-4-5-17(25-2)16(19)12-14/h4-5,12,15,24H,3,6-11,13H2,1-2H3,(H2,20,21,22). The lowest BCUT2D eigenvalue weighted by atomic mass is 10.0. The molecule has 1 aromatic rings. The number of hydrogen-bond acceptors (Lipinski definition) is 4. The molecule has 1 aliphatic rings. The van der Waals surface area contributed by atoms with Gasteiger partial charge in [-0.3, -0.25) is 9.89 Å². The molecule has 0 saturated carbocycles. The number of nitrogens with one attached hydrogen (secondary N) is 2. The summed E-state index contributed by atoms with van der Waals surface area (Å²) < 4.78 is 18.8. The van der Waals surface area contributed by atoms with Gasteiger partial charge in [0.25, 0.3) is 0 Å². The Morgan fingerprint density at radius 1 is 1.40 bits per heavy atom. The highest BCUT2D eigenvalue weighted by Gasteiger charge is 2.20. The maximum atomic E-state index is 13.8. The van der Waals surface area contributed by atoms with E-state index in [-0.39, 0.29) is 18.2 Å². The lowest BCUT2D eigenvalue weighted by Crippen LogP contribution is -2.48. The zero-order chi connectivity index (χ0) is 18.1. The van der Waals surface area contributed by atoms with Crippen molar-refractivity contribution in [2.45, 2.75) is 32.4 Å². The molecule has 0 amide bonds.